The van der Waals surface area contributed by atoms with Crippen LogP contribution in [0, 0.1) is 6.92 Å². The van der Waals surface area contributed by atoms with Crippen LogP contribution in [0.15, 0.2) is 29.9 Å². The minimum atomic E-state index is -5.08. The Morgan fingerprint density at radius 3 is 1.91 bits per heavy atom. The van der Waals surface area contributed by atoms with Crippen molar-refractivity contribution >= 4 is 29.2 Å². The third-order valence-electron chi connectivity index (χ3n) is 5.43. The Kier molecular flexibility index (Phi) is 14.6. The molecule has 2 aromatic heterocycles. The van der Waals surface area contributed by atoms with Crippen LogP contribution in [0.25, 0.3) is 0 Å². The summed E-state index contributed by atoms with van der Waals surface area (Å²) in [5, 5.41) is 24.7. The number of alkyl halides is 9. The van der Waals surface area contributed by atoms with E-state index in [9.17, 15) is 39.5 Å². The van der Waals surface area contributed by atoms with E-state index < -0.39 is 36.4 Å². The number of thiazole rings is 1. The fourth-order valence-corrected chi connectivity index (χ4v) is 4.40. The van der Waals surface area contributed by atoms with Gasteiger partial charge in [0.25, 0.3) is 0 Å². The zero-order valence-electron chi connectivity index (χ0n) is 22.9. The first-order valence-electron chi connectivity index (χ1n) is 12.2. The Balaban J connectivity index is 0.000000396. The molecule has 254 valence electrons. The van der Waals surface area contributed by atoms with Crippen molar-refractivity contribution in [2.75, 3.05) is 19.7 Å². The first-order chi connectivity index (χ1) is 20.5. The molecule has 45 heavy (non-hydrogen) atoms. The van der Waals surface area contributed by atoms with Gasteiger partial charge < -0.3 is 24.8 Å². The Hall–Kier alpha value is -3.56. The van der Waals surface area contributed by atoms with Crippen LogP contribution in [0.5, 0.6) is 0 Å². The molecule has 0 saturated carbocycles. The average Bonchev–Trinajstić information content (AvgIpc) is 3.31. The van der Waals surface area contributed by atoms with Crippen LogP contribution >= 0.6 is 11.3 Å². The summed E-state index contributed by atoms with van der Waals surface area (Å²) in [5.41, 5.74) is 2.24. The van der Waals surface area contributed by atoms with Gasteiger partial charge in [0, 0.05) is 49.6 Å². The smallest absolute Gasteiger partial charge is 0.475 e. The number of aromatic nitrogens is 2. The average molecular weight is 688 g/mol. The highest BCUT2D eigenvalue weighted by Gasteiger charge is 2.48. The lowest BCUT2D eigenvalue weighted by molar-refractivity contribution is -0.200. The summed E-state index contributed by atoms with van der Waals surface area (Å²) < 4.78 is 107. The molecule has 11 nitrogen and oxygen atoms in total. The minimum Gasteiger partial charge on any atom is -0.475 e. The van der Waals surface area contributed by atoms with E-state index in [1.165, 1.54) is 5.01 Å². The molecule has 0 radical (unpaired) electrons. The number of aryl methyl sites for hydroxylation is 1. The number of ether oxygens (including phenoxy) is 2. The fourth-order valence-electron chi connectivity index (χ4n) is 3.59. The summed E-state index contributed by atoms with van der Waals surface area (Å²) in [6.45, 7) is 6.38. The lowest BCUT2D eigenvalue weighted by atomic mass is 9.84. The van der Waals surface area contributed by atoms with Gasteiger partial charge in [0.05, 0.1) is 24.9 Å². The molecule has 2 aliphatic heterocycles. The van der Waals surface area contributed by atoms with Gasteiger partial charge in [-0.3, -0.25) is 9.88 Å². The van der Waals surface area contributed by atoms with E-state index in [4.69, 9.17) is 39.2 Å². The topological polar surface area (TPSA) is 159 Å². The lowest BCUT2D eigenvalue weighted by Gasteiger charge is -2.53. The lowest BCUT2D eigenvalue weighted by Crippen LogP contribution is -2.65. The second-order valence-electron chi connectivity index (χ2n) is 9.26. The number of hydrogen-bond acceptors (Lipinski definition) is 9. The maximum Gasteiger partial charge on any atom is 0.490 e. The molecule has 3 N–H and O–H groups in total. The number of aliphatic carboxylic acids is 3. The Bertz CT molecular complexity index is 1180. The number of rotatable bonds is 5. The summed E-state index contributed by atoms with van der Waals surface area (Å²) in [6, 6.07) is 4.01. The van der Waals surface area contributed by atoms with Crippen LogP contribution in [0.1, 0.15) is 29.1 Å². The molecule has 0 amide bonds. The number of nitrogens with zero attached hydrogens (tertiary/aromatic N) is 3. The maximum absolute atomic E-state index is 10.6. The highest BCUT2D eigenvalue weighted by Crippen LogP contribution is 2.36. The Morgan fingerprint density at radius 1 is 1.00 bits per heavy atom. The predicted molar refractivity (Wildman–Crippen MR) is 134 cm³/mol. The van der Waals surface area contributed by atoms with Gasteiger partial charge in [0.2, 0.25) is 0 Å². The van der Waals surface area contributed by atoms with Gasteiger partial charge in [-0.2, -0.15) is 39.5 Å². The molecular weight excluding hydrogens is 661 g/mol. The predicted octanol–water partition coefficient (Wildman–Crippen LogP) is 4.70. The first kappa shape index (κ1) is 39.5. The highest BCUT2D eigenvalue weighted by molar-refractivity contribution is 7.09. The third kappa shape index (κ3) is 15.3. The molecule has 2 aromatic rings. The number of likely N-dealkylation sites (tertiary alicyclic amines) is 1. The van der Waals surface area contributed by atoms with E-state index in [0.29, 0.717) is 6.61 Å². The number of hydrogen-bond donors (Lipinski definition) is 3. The van der Waals surface area contributed by atoms with Crippen LogP contribution < -0.4 is 0 Å². The molecule has 4 rings (SSSR count). The van der Waals surface area contributed by atoms with Crippen molar-refractivity contribution in [1.29, 1.82) is 0 Å². The number of pyridine rings is 1. The van der Waals surface area contributed by atoms with Crippen LogP contribution in [0.2, 0.25) is 0 Å². The van der Waals surface area contributed by atoms with Crippen molar-refractivity contribution in [2.45, 2.75) is 63.2 Å². The molecule has 2 saturated heterocycles. The van der Waals surface area contributed by atoms with Crippen molar-refractivity contribution < 1.29 is 78.7 Å². The van der Waals surface area contributed by atoms with Crippen molar-refractivity contribution in [2.24, 2.45) is 0 Å². The van der Waals surface area contributed by atoms with Crippen molar-refractivity contribution in [3.05, 3.63) is 46.2 Å². The van der Waals surface area contributed by atoms with Crippen LogP contribution in [0.3, 0.4) is 0 Å². The van der Waals surface area contributed by atoms with E-state index in [2.05, 4.69) is 26.3 Å². The molecule has 1 spiro atoms. The quantitative estimate of drug-likeness (QED) is 0.374. The summed E-state index contributed by atoms with van der Waals surface area (Å²) in [6.07, 6.45) is -9.34. The molecule has 2 fully saturated rings. The molecule has 4 heterocycles. The van der Waals surface area contributed by atoms with E-state index in [-0.39, 0.29) is 11.7 Å². The summed E-state index contributed by atoms with van der Waals surface area (Å²) in [4.78, 5) is 37.8. The van der Waals surface area contributed by atoms with E-state index in [1.54, 1.807) is 17.5 Å². The molecule has 0 aromatic carbocycles. The molecule has 0 aliphatic carbocycles. The van der Waals surface area contributed by atoms with Gasteiger partial charge in [-0.05, 0) is 25.0 Å². The maximum atomic E-state index is 10.6. The van der Waals surface area contributed by atoms with Gasteiger partial charge in [-0.15, -0.1) is 11.3 Å². The molecule has 1 atom stereocenters. The van der Waals surface area contributed by atoms with Crippen LogP contribution in [-0.2, 0) is 37.0 Å². The van der Waals surface area contributed by atoms with Gasteiger partial charge >= 0.3 is 36.4 Å². The second kappa shape index (κ2) is 16.7. The minimum absolute atomic E-state index is 0.00976. The van der Waals surface area contributed by atoms with E-state index >= 15 is 0 Å². The molecule has 2 aliphatic rings. The number of carboxylic acids is 3. The van der Waals surface area contributed by atoms with Gasteiger partial charge in [-0.1, -0.05) is 6.07 Å². The zero-order valence-corrected chi connectivity index (χ0v) is 23.8. The summed E-state index contributed by atoms with van der Waals surface area (Å²) in [5.74, 6) is -8.27. The van der Waals surface area contributed by atoms with Gasteiger partial charge in [-0.25, -0.2) is 19.4 Å². The molecular formula is C24H26F9N3O8S. The van der Waals surface area contributed by atoms with E-state index in [1.807, 2.05) is 19.2 Å². The van der Waals surface area contributed by atoms with E-state index in [0.717, 1.165) is 50.3 Å². The summed E-state index contributed by atoms with van der Waals surface area (Å²) >= 11 is 1.74. The standard InChI is InChI=1S/C18H23N3O2S.3C2HF3O2/c1-14-11-24-17(20-14)9-21-12-18(13-21)7-16(4-6-23-18)22-10-15-3-2-5-19-8-15;3*3-2(4,5)1(6)7/h2-3,5,8,11,16H,4,6-7,9-10,12-13H2,1H3;3*(H,6,7). The molecule has 21 heteroatoms. The van der Waals surface area contributed by atoms with Crippen LogP contribution in [-0.4, -0.2) is 98.0 Å². The molecule has 0 bridgehead atoms. The van der Waals surface area contributed by atoms with Crippen molar-refractivity contribution in [3.8, 4) is 0 Å². The third-order valence-corrected chi connectivity index (χ3v) is 6.38. The zero-order chi connectivity index (χ0) is 34.6. The number of carboxylic acid groups (broad SMARTS) is 3. The SMILES string of the molecule is Cc1csc(CN2CC3(CC(OCc4cccnc4)CCO3)C2)n1.O=C(O)C(F)(F)F.O=C(O)C(F)(F)F.O=C(O)C(F)(F)F. The normalized spacial score (nSPS) is 17.7. The Morgan fingerprint density at radius 2 is 1.51 bits per heavy atom. The molecule has 1 unspecified atom stereocenters. The monoisotopic (exact) mass is 687 g/mol. The van der Waals surface area contributed by atoms with Crippen molar-refractivity contribution in [3.63, 3.8) is 0 Å². The fraction of sp³-hybridized carbons (Fsp3) is 0.542. The van der Waals surface area contributed by atoms with Crippen molar-refractivity contribution in [1.82, 2.24) is 14.9 Å². The number of halogens is 9. The summed E-state index contributed by atoms with van der Waals surface area (Å²) in [7, 11) is 0. The highest BCUT2D eigenvalue weighted by atomic mass is 32.1. The number of carbonyl (C=O) groups is 3. The Labute approximate surface area is 252 Å². The first-order valence-corrected chi connectivity index (χ1v) is 13.1. The largest absolute Gasteiger partial charge is 0.490 e. The van der Waals surface area contributed by atoms with Gasteiger partial charge in [0.15, 0.2) is 0 Å². The second-order valence-corrected chi connectivity index (χ2v) is 10.2. The van der Waals surface area contributed by atoms with Gasteiger partial charge in [0.1, 0.15) is 5.01 Å². The van der Waals surface area contributed by atoms with Crippen LogP contribution in [0.4, 0.5) is 39.5 Å².